The number of carbonyl (C=O) groups is 1. The van der Waals surface area contributed by atoms with Gasteiger partial charge in [0, 0.05) is 29.1 Å². The molecule has 0 radical (unpaired) electrons. The maximum atomic E-state index is 12.2. The SMILES string of the molecule is CCOc1cc(Br)c(NC(=O)CC2CCCN2)cc1OCC.Cl. The van der Waals surface area contributed by atoms with Gasteiger partial charge in [-0.1, -0.05) is 0 Å². The van der Waals surface area contributed by atoms with E-state index in [4.69, 9.17) is 9.47 Å². The molecule has 1 saturated heterocycles. The van der Waals surface area contributed by atoms with E-state index in [-0.39, 0.29) is 24.4 Å². The molecular formula is C16H24BrClN2O3. The Kier molecular flexibility index (Phi) is 8.73. The molecule has 2 rings (SSSR count). The van der Waals surface area contributed by atoms with Gasteiger partial charge >= 0.3 is 0 Å². The first-order valence-corrected chi connectivity index (χ1v) is 8.55. The molecular weight excluding hydrogens is 384 g/mol. The highest BCUT2D eigenvalue weighted by Crippen LogP contribution is 2.36. The fourth-order valence-corrected chi connectivity index (χ4v) is 2.94. The van der Waals surface area contributed by atoms with Crippen molar-refractivity contribution < 1.29 is 14.3 Å². The fraction of sp³-hybridized carbons (Fsp3) is 0.562. The van der Waals surface area contributed by atoms with Crippen molar-refractivity contribution in [2.75, 3.05) is 25.1 Å². The van der Waals surface area contributed by atoms with E-state index in [0.717, 1.165) is 23.9 Å². The second kappa shape index (κ2) is 10.0. The number of hydrogen-bond donors (Lipinski definition) is 2. The Hall–Kier alpha value is -0.980. The highest BCUT2D eigenvalue weighted by Gasteiger charge is 2.19. The summed E-state index contributed by atoms with van der Waals surface area (Å²) in [6.45, 7) is 5.95. The monoisotopic (exact) mass is 406 g/mol. The van der Waals surface area contributed by atoms with Crippen molar-refractivity contribution in [2.24, 2.45) is 0 Å². The molecule has 1 aliphatic rings. The number of benzene rings is 1. The molecule has 7 heteroatoms. The second-order valence-corrected chi connectivity index (χ2v) is 6.04. The van der Waals surface area contributed by atoms with Gasteiger partial charge in [-0.3, -0.25) is 4.79 Å². The minimum Gasteiger partial charge on any atom is -0.490 e. The lowest BCUT2D eigenvalue weighted by Crippen LogP contribution is -2.27. The number of carbonyl (C=O) groups excluding carboxylic acids is 1. The van der Waals surface area contributed by atoms with Gasteiger partial charge in [0.25, 0.3) is 0 Å². The van der Waals surface area contributed by atoms with Crippen LogP contribution in [0.3, 0.4) is 0 Å². The van der Waals surface area contributed by atoms with Crippen molar-refractivity contribution in [1.29, 1.82) is 0 Å². The third kappa shape index (κ3) is 5.86. The molecule has 1 aliphatic heterocycles. The molecule has 130 valence electrons. The number of amides is 1. The standard InChI is InChI=1S/C16H23BrN2O3.ClH/c1-3-21-14-9-12(17)13(10-15(14)22-4-2)19-16(20)8-11-6-5-7-18-11;/h9-11,18H,3-8H2,1-2H3,(H,19,20);1H. The van der Waals surface area contributed by atoms with Gasteiger partial charge in [0.05, 0.1) is 18.9 Å². The van der Waals surface area contributed by atoms with Crippen LogP contribution in [0.25, 0.3) is 0 Å². The van der Waals surface area contributed by atoms with Gasteiger partial charge in [0.1, 0.15) is 0 Å². The van der Waals surface area contributed by atoms with Gasteiger partial charge < -0.3 is 20.1 Å². The maximum Gasteiger partial charge on any atom is 0.225 e. The molecule has 0 aliphatic carbocycles. The van der Waals surface area contributed by atoms with E-state index in [1.807, 2.05) is 19.9 Å². The molecule has 1 aromatic carbocycles. The summed E-state index contributed by atoms with van der Waals surface area (Å²) in [6, 6.07) is 3.92. The fourth-order valence-electron chi connectivity index (χ4n) is 2.52. The zero-order chi connectivity index (χ0) is 15.9. The summed E-state index contributed by atoms with van der Waals surface area (Å²) in [4.78, 5) is 12.2. The summed E-state index contributed by atoms with van der Waals surface area (Å²) in [7, 11) is 0. The Morgan fingerprint density at radius 2 is 1.96 bits per heavy atom. The van der Waals surface area contributed by atoms with Crippen LogP contribution in [0.1, 0.15) is 33.1 Å². The van der Waals surface area contributed by atoms with Crippen molar-refractivity contribution in [3.05, 3.63) is 16.6 Å². The number of halogens is 2. The average molecular weight is 408 g/mol. The minimum atomic E-state index is 0. The van der Waals surface area contributed by atoms with Crippen LogP contribution in [0.5, 0.6) is 11.5 Å². The summed E-state index contributed by atoms with van der Waals surface area (Å²) in [6.07, 6.45) is 2.69. The van der Waals surface area contributed by atoms with Crippen molar-refractivity contribution in [1.82, 2.24) is 5.32 Å². The molecule has 1 fully saturated rings. The lowest BCUT2D eigenvalue weighted by Gasteiger charge is -2.16. The summed E-state index contributed by atoms with van der Waals surface area (Å²) < 4.78 is 11.9. The summed E-state index contributed by atoms with van der Waals surface area (Å²) in [5, 5.41) is 6.27. The molecule has 1 atom stereocenters. The van der Waals surface area contributed by atoms with Gasteiger partial charge in [-0.15, -0.1) is 12.4 Å². The minimum absolute atomic E-state index is 0. The van der Waals surface area contributed by atoms with E-state index in [1.54, 1.807) is 6.07 Å². The van der Waals surface area contributed by atoms with Crippen LogP contribution in [-0.2, 0) is 4.79 Å². The Labute approximate surface area is 152 Å². The molecule has 1 heterocycles. The van der Waals surface area contributed by atoms with Crippen molar-refractivity contribution in [2.45, 2.75) is 39.2 Å². The first kappa shape index (κ1) is 20.1. The van der Waals surface area contributed by atoms with Crippen LogP contribution in [-0.4, -0.2) is 31.7 Å². The Balaban J connectivity index is 0.00000264. The topological polar surface area (TPSA) is 59.6 Å². The van der Waals surface area contributed by atoms with Gasteiger partial charge in [0.15, 0.2) is 11.5 Å². The average Bonchev–Trinajstić information content (AvgIpc) is 2.97. The first-order valence-electron chi connectivity index (χ1n) is 7.76. The van der Waals surface area contributed by atoms with E-state index in [0.29, 0.717) is 36.8 Å². The second-order valence-electron chi connectivity index (χ2n) is 5.19. The summed E-state index contributed by atoms with van der Waals surface area (Å²) >= 11 is 3.48. The highest BCUT2D eigenvalue weighted by atomic mass is 79.9. The van der Waals surface area contributed by atoms with E-state index in [1.165, 1.54) is 0 Å². The Morgan fingerprint density at radius 1 is 1.30 bits per heavy atom. The lowest BCUT2D eigenvalue weighted by molar-refractivity contribution is -0.116. The van der Waals surface area contributed by atoms with Crippen LogP contribution in [0.15, 0.2) is 16.6 Å². The largest absolute Gasteiger partial charge is 0.490 e. The normalized spacial score (nSPS) is 16.6. The predicted molar refractivity (Wildman–Crippen MR) is 98.0 cm³/mol. The number of hydrogen-bond acceptors (Lipinski definition) is 4. The van der Waals surface area contributed by atoms with Crippen LogP contribution in [0.4, 0.5) is 5.69 Å². The zero-order valence-electron chi connectivity index (χ0n) is 13.5. The molecule has 1 aromatic rings. The molecule has 0 aromatic heterocycles. The predicted octanol–water partition coefficient (Wildman–Crippen LogP) is 3.75. The van der Waals surface area contributed by atoms with E-state index in [9.17, 15) is 4.79 Å². The summed E-state index contributed by atoms with van der Waals surface area (Å²) in [5.74, 6) is 1.32. The van der Waals surface area contributed by atoms with Crippen LogP contribution >= 0.6 is 28.3 Å². The van der Waals surface area contributed by atoms with Crippen LogP contribution in [0.2, 0.25) is 0 Å². The molecule has 5 nitrogen and oxygen atoms in total. The third-order valence-electron chi connectivity index (χ3n) is 3.50. The van der Waals surface area contributed by atoms with E-state index >= 15 is 0 Å². The number of nitrogens with one attached hydrogen (secondary N) is 2. The van der Waals surface area contributed by atoms with E-state index in [2.05, 4.69) is 26.6 Å². The van der Waals surface area contributed by atoms with Crippen LogP contribution in [0, 0.1) is 0 Å². The number of anilines is 1. The molecule has 0 spiro atoms. The summed E-state index contributed by atoms with van der Waals surface area (Å²) in [5.41, 5.74) is 0.704. The first-order chi connectivity index (χ1) is 10.6. The van der Waals surface area contributed by atoms with Gasteiger partial charge in [-0.25, -0.2) is 0 Å². The van der Waals surface area contributed by atoms with Gasteiger partial charge in [-0.05, 0) is 49.2 Å². The van der Waals surface area contributed by atoms with E-state index < -0.39 is 0 Å². The highest BCUT2D eigenvalue weighted by molar-refractivity contribution is 9.10. The van der Waals surface area contributed by atoms with Crippen molar-refractivity contribution in [3.8, 4) is 11.5 Å². The number of ether oxygens (including phenoxy) is 2. The quantitative estimate of drug-likeness (QED) is 0.723. The maximum absolute atomic E-state index is 12.2. The Morgan fingerprint density at radius 3 is 2.52 bits per heavy atom. The third-order valence-corrected chi connectivity index (χ3v) is 4.16. The van der Waals surface area contributed by atoms with Crippen LogP contribution < -0.4 is 20.1 Å². The molecule has 2 N–H and O–H groups in total. The molecule has 0 saturated carbocycles. The Bertz CT molecular complexity index is 522. The molecule has 1 amide bonds. The molecule has 0 bridgehead atoms. The molecule has 23 heavy (non-hydrogen) atoms. The van der Waals surface area contributed by atoms with Crippen molar-refractivity contribution in [3.63, 3.8) is 0 Å². The van der Waals surface area contributed by atoms with Gasteiger partial charge in [-0.2, -0.15) is 0 Å². The smallest absolute Gasteiger partial charge is 0.225 e. The zero-order valence-corrected chi connectivity index (χ0v) is 15.9. The molecule has 1 unspecified atom stereocenters. The number of rotatable bonds is 7. The lowest BCUT2D eigenvalue weighted by atomic mass is 10.1. The van der Waals surface area contributed by atoms with Gasteiger partial charge in [0.2, 0.25) is 5.91 Å². The van der Waals surface area contributed by atoms with Crippen molar-refractivity contribution >= 4 is 39.9 Å².